The molecule has 0 atom stereocenters. The summed E-state index contributed by atoms with van der Waals surface area (Å²) in [4.78, 5) is 2.30. The molecule has 20 heavy (non-hydrogen) atoms. The molecule has 0 heterocycles. The summed E-state index contributed by atoms with van der Waals surface area (Å²) in [5, 5.41) is 7.38. The molecular weight excluding hydrogens is 250 g/mol. The monoisotopic (exact) mass is 277 g/mol. The van der Waals surface area contributed by atoms with Gasteiger partial charge < -0.3 is 10.5 Å². The van der Waals surface area contributed by atoms with Gasteiger partial charge in [-0.3, -0.25) is 10.3 Å². The van der Waals surface area contributed by atoms with E-state index >= 15 is 0 Å². The van der Waals surface area contributed by atoms with Crippen LogP contribution >= 0.6 is 0 Å². The molecule has 0 bridgehead atoms. The molecule has 0 aromatic heterocycles. The zero-order valence-corrected chi connectivity index (χ0v) is 13.1. The van der Waals surface area contributed by atoms with Crippen molar-refractivity contribution in [1.82, 2.24) is 4.90 Å². The number of nitrogens with two attached hydrogens (primary N) is 1. The van der Waals surface area contributed by atoms with Crippen molar-refractivity contribution in [2.24, 2.45) is 5.73 Å². The van der Waals surface area contributed by atoms with Crippen molar-refractivity contribution >= 4 is 5.84 Å². The van der Waals surface area contributed by atoms with Gasteiger partial charge in [-0.15, -0.1) is 0 Å². The van der Waals surface area contributed by atoms with Gasteiger partial charge in [-0.25, -0.2) is 0 Å². The van der Waals surface area contributed by atoms with Crippen LogP contribution in [0.3, 0.4) is 0 Å². The summed E-state index contributed by atoms with van der Waals surface area (Å²) in [5.41, 5.74) is 10.8. The highest BCUT2D eigenvalue weighted by Crippen LogP contribution is 2.18. The molecule has 1 aromatic rings. The van der Waals surface area contributed by atoms with E-state index in [-0.39, 0.29) is 5.84 Å². The quantitative estimate of drug-likeness (QED) is 0.566. The second kappa shape index (κ2) is 8.02. The van der Waals surface area contributed by atoms with Gasteiger partial charge in [0.2, 0.25) is 0 Å². The standard InChI is InChI=1S/C16H27N3O/c1-12-9-13(2)15(14(3)10-12)11-19(7-8-20-4)6-5-16(17)18/h9-10H,5-8,11H2,1-4H3,(H3,17,18). The molecule has 0 amide bonds. The van der Waals surface area contributed by atoms with Gasteiger partial charge in [0.05, 0.1) is 12.4 Å². The molecule has 0 saturated carbocycles. The summed E-state index contributed by atoms with van der Waals surface area (Å²) >= 11 is 0. The number of methoxy groups -OCH3 is 1. The average molecular weight is 277 g/mol. The van der Waals surface area contributed by atoms with Gasteiger partial charge in [0.1, 0.15) is 0 Å². The fourth-order valence-corrected chi connectivity index (χ4v) is 2.45. The smallest absolute Gasteiger partial charge is 0.0918 e. The van der Waals surface area contributed by atoms with Crippen LogP contribution in [0, 0.1) is 26.2 Å². The topological polar surface area (TPSA) is 62.3 Å². The van der Waals surface area contributed by atoms with E-state index in [4.69, 9.17) is 15.9 Å². The fraction of sp³-hybridized carbons (Fsp3) is 0.562. The lowest BCUT2D eigenvalue weighted by atomic mass is 9.99. The highest BCUT2D eigenvalue weighted by Gasteiger charge is 2.11. The van der Waals surface area contributed by atoms with Crippen LogP contribution in [0.4, 0.5) is 0 Å². The van der Waals surface area contributed by atoms with Crippen LogP contribution in [0.2, 0.25) is 0 Å². The van der Waals surface area contributed by atoms with E-state index in [1.807, 2.05) is 0 Å². The normalized spacial score (nSPS) is 11.1. The molecule has 0 aliphatic carbocycles. The van der Waals surface area contributed by atoms with Crippen molar-refractivity contribution in [3.8, 4) is 0 Å². The number of nitrogens with one attached hydrogen (secondary N) is 1. The van der Waals surface area contributed by atoms with E-state index in [2.05, 4.69) is 37.8 Å². The molecule has 1 rings (SSSR count). The summed E-state index contributed by atoms with van der Waals surface area (Å²) in [6.07, 6.45) is 0.605. The highest BCUT2D eigenvalue weighted by molar-refractivity contribution is 5.76. The first kappa shape index (κ1) is 16.7. The Morgan fingerprint density at radius 1 is 1.20 bits per heavy atom. The molecule has 112 valence electrons. The molecule has 0 spiro atoms. The predicted octanol–water partition coefficient (Wildman–Crippen LogP) is 2.39. The number of nitrogens with zero attached hydrogens (tertiary/aromatic N) is 1. The van der Waals surface area contributed by atoms with Crippen molar-refractivity contribution in [3.05, 3.63) is 34.4 Å². The van der Waals surface area contributed by atoms with Crippen molar-refractivity contribution in [1.29, 1.82) is 5.41 Å². The summed E-state index contributed by atoms with van der Waals surface area (Å²) in [6.45, 7) is 9.68. The summed E-state index contributed by atoms with van der Waals surface area (Å²) in [6, 6.07) is 4.45. The number of aryl methyl sites for hydroxylation is 3. The summed E-state index contributed by atoms with van der Waals surface area (Å²) < 4.78 is 5.17. The Labute approximate surface area is 122 Å². The number of hydrogen-bond donors (Lipinski definition) is 2. The molecule has 0 saturated heterocycles. The Bertz CT molecular complexity index is 434. The lowest BCUT2D eigenvalue weighted by molar-refractivity contribution is 0.145. The molecule has 3 N–H and O–H groups in total. The first-order chi connectivity index (χ1) is 9.43. The predicted molar refractivity (Wildman–Crippen MR) is 84.3 cm³/mol. The van der Waals surface area contributed by atoms with Gasteiger partial charge in [-0.05, 0) is 37.5 Å². The Balaban J connectivity index is 2.80. The Hall–Kier alpha value is -1.39. The molecule has 4 heteroatoms. The maximum absolute atomic E-state index is 7.38. The van der Waals surface area contributed by atoms with Gasteiger partial charge in [0.25, 0.3) is 0 Å². The van der Waals surface area contributed by atoms with Crippen LogP contribution in [0.1, 0.15) is 28.7 Å². The number of benzene rings is 1. The van der Waals surface area contributed by atoms with E-state index in [1.54, 1.807) is 7.11 Å². The van der Waals surface area contributed by atoms with Gasteiger partial charge in [-0.2, -0.15) is 0 Å². The minimum Gasteiger partial charge on any atom is -0.388 e. The number of amidine groups is 1. The third-order valence-electron chi connectivity index (χ3n) is 3.53. The average Bonchev–Trinajstić information content (AvgIpc) is 2.35. The SMILES string of the molecule is COCCN(CCC(=N)N)Cc1c(C)cc(C)cc1C. The molecule has 0 fully saturated rings. The van der Waals surface area contributed by atoms with Gasteiger partial charge in [0.15, 0.2) is 0 Å². The lowest BCUT2D eigenvalue weighted by Crippen LogP contribution is -2.31. The van der Waals surface area contributed by atoms with Crippen LogP contribution in [-0.2, 0) is 11.3 Å². The second-order valence-electron chi connectivity index (χ2n) is 5.42. The molecule has 4 nitrogen and oxygen atoms in total. The zero-order valence-electron chi connectivity index (χ0n) is 13.1. The van der Waals surface area contributed by atoms with E-state index in [0.717, 1.165) is 19.6 Å². The highest BCUT2D eigenvalue weighted by atomic mass is 16.5. The van der Waals surface area contributed by atoms with Crippen LogP contribution in [0.25, 0.3) is 0 Å². The Morgan fingerprint density at radius 3 is 2.30 bits per heavy atom. The fourth-order valence-electron chi connectivity index (χ4n) is 2.45. The molecule has 0 radical (unpaired) electrons. The van der Waals surface area contributed by atoms with Crippen molar-refractivity contribution in [3.63, 3.8) is 0 Å². The zero-order chi connectivity index (χ0) is 15.1. The lowest BCUT2D eigenvalue weighted by Gasteiger charge is -2.24. The minimum atomic E-state index is 0.241. The minimum absolute atomic E-state index is 0.241. The first-order valence-corrected chi connectivity index (χ1v) is 7.05. The molecule has 0 aliphatic heterocycles. The Morgan fingerprint density at radius 2 is 1.80 bits per heavy atom. The van der Waals surface area contributed by atoms with Gasteiger partial charge in [0, 0.05) is 33.2 Å². The molecule has 0 aliphatic rings. The maximum Gasteiger partial charge on any atom is 0.0918 e. The summed E-state index contributed by atoms with van der Waals surface area (Å²) in [5.74, 6) is 0.241. The summed E-state index contributed by atoms with van der Waals surface area (Å²) in [7, 11) is 1.71. The number of rotatable bonds is 8. The molecule has 1 aromatic carbocycles. The maximum atomic E-state index is 7.38. The third-order valence-corrected chi connectivity index (χ3v) is 3.53. The van der Waals surface area contributed by atoms with Gasteiger partial charge >= 0.3 is 0 Å². The van der Waals surface area contributed by atoms with Crippen LogP contribution < -0.4 is 5.73 Å². The largest absolute Gasteiger partial charge is 0.388 e. The van der Waals surface area contributed by atoms with Crippen molar-refractivity contribution in [2.45, 2.75) is 33.7 Å². The Kier molecular flexibility index (Phi) is 6.68. The van der Waals surface area contributed by atoms with E-state index in [1.165, 1.54) is 22.3 Å². The van der Waals surface area contributed by atoms with Crippen molar-refractivity contribution in [2.75, 3.05) is 26.8 Å². The second-order valence-corrected chi connectivity index (χ2v) is 5.42. The number of hydrogen-bond acceptors (Lipinski definition) is 3. The molecular formula is C16H27N3O. The van der Waals surface area contributed by atoms with Gasteiger partial charge in [-0.1, -0.05) is 17.7 Å². The van der Waals surface area contributed by atoms with E-state index < -0.39 is 0 Å². The number of ether oxygens (including phenoxy) is 1. The van der Waals surface area contributed by atoms with Crippen LogP contribution in [0.5, 0.6) is 0 Å². The molecule has 0 unspecified atom stereocenters. The van der Waals surface area contributed by atoms with E-state index in [9.17, 15) is 0 Å². The van der Waals surface area contributed by atoms with E-state index in [0.29, 0.717) is 13.0 Å². The first-order valence-electron chi connectivity index (χ1n) is 7.05. The van der Waals surface area contributed by atoms with Crippen molar-refractivity contribution < 1.29 is 4.74 Å². The third kappa shape index (κ3) is 5.31. The van der Waals surface area contributed by atoms with Crippen LogP contribution in [-0.4, -0.2) is 37.5 Å². The van der Waals surface area contributed by atoms with Crippen LogP contribution in [0.15, 0.2) is 12.1 Å².